The van der Waals surface area contributed by atoms with Crippen LogP contribution in [-0.4, -0.2) is 44.7 Å². The number of anilines is 5. The summed E-state index contributed by atoms with van der Waals surface area (Å²) in [7, 11) is 3.88. The van der Waals surface area contributed by atoms with Gasteiger partial charge < -0.3 is 20.9 Å². The molecule has 0 spiro atoms. The minimum absolute atomic E-state index is 0.0799. The molecule has 3 aromatic heterocycles. The van der Waals surface area contributed by atoms with E-state index in [1.54, 1.807) is 23.7 Å². The predicted octanol–water partition coefficient (Wildman–Crippen LogP) is 3.69. The molecule has 0 atom stereocenters. The first-order chi connectivity index (χ1) is 18.0. The van der Waals surface area contributed by atoms with Crippen LogP contribution in [0.3, 0.4) is 0 Å². The number of amides is 1. The lowest BCUT2D eigenvalue weighted by molar-refractivity contribution is 0.0963. The largest absolute Gasteiger partial charge is 0.368 e. The van der Waals surface area contributed by atoms with Crippen LogP contribution >= 0.6 is 0 Å². The number of nitrogens with one attached hydrogen (secondary N) is 3. The van der Waals surface area contributed by atoms with Gasteiger partial charge in [-0.1, -0.05) is 12.1 Å². The number of carbonyl (C=O) groups excluding carboxylic acids is 1. The number of aromatic nitrogens is 5. The minimum atomic E-state index is -2.65. The van der Waals surface area contributed by atoms with Gasteiger partial charge >= 0.3 is 0 Å². The van der Waals surface area contributed by atoms with Crippen molar-refractivity contribution >= 4 is 34.6 Å². The topological polar surface area (TPSA) is 113 Å². The summed E-state index contributed by atoms with van der Waals surface area (Å²) in [4.78, 5) is 28.1. The number of hydrogen-bond donors (Lipinski definition) is 3. The van der Waals surface area contributed by atoms with Crippen LogP contribution in [0.1, 0.15) is 31.6 Å². The Labute approximate surface area is 207 Å². The van der Waals surface area contributed by atoms with Crippen molar-refractivity contribution in [2.45, 2.75) is 20.4 Å². The van der Waals surface area contributed by atoms with Crippen LogP contribution < -0.4 is 20.9 Å². The van der Waals surface area contributed by atoms with Gasteiger partial charge in [0.2, 0.25) is 0 Å². The van der Waals surface area contributed by atoms with Gasteiger partial charge in [-0.05, 0) is 19.9 Å². The van der Waals surface area contributed by atoms with Crippen LogP contribution in [0.25, 0.3) is 11.3 Å². The van der Waals surface area contributed by atoms with Gasteiger partial charge in [0.1, 0.15) is 17.5 Å². The monoisotopic (exact) mass is 472 g/mol. The first kappa shape index (κ1) is 18.9. The molecule has 0 aliphatic carbocycles. The minimum Gasteiger partial charge on any atom is -0.368 e. The first-order valence-electron chi connectivity index (χ1n) is 12.5. The first-order valence-corrected chi connectivity index (χ1v) is 11.0. The molecule has 3 N–H and O–H groups in total. The molecule has 0 fully saturated rings. The summed E-state index contributed by atoms with van der Waals surface area (Å²) in [6.07, 6.45) is 3.34. The molecule has 35 heavy (non-hydrogen) atoms. The molecule has 4 heterocycles. The highest BCUT2D eigenvalue weighted by Gasteiger charge is 2.25. The second-order valence-corrected chi connectivity index (χ2v) is 8.50. The van der Waals surface area contributed by atoms with Crippen molar-refractivity contribution in [2.24, 2.45) is 7.05 Å². The normalized spacial score (nSPS) is 13.7. The van der Waals surface area contributed by atoms with Gasteiger partial charge in [-0.2, -0.15) is 5.10 Å². The summed E-state index contributed by atoms with van der Waals surface area (Å²) in [5, 5.41) is 13.2. The lowest BCUT2D eigenvalue weighted by atomic mass is 9.99. The molecule has 5 rings (SSSR count). The number of para-hydroxylation sites is 1. The summed E-state index contributed by atoms with van der Waals surface area (Å²) in [6, 6.07) is 9.25. The zero-order chi connectivity index (χ0) is 27.2. The van der Waals surface area contributed by atoms with Crippen LogP contribution in [-0.2, 0) is 13.6 Å². The van der Waals surface area contributed by atoms with E-state index in [1.807, 2.05) is 50.7 Å². The SMILES string of the molecule is [2H]C([2H])([2H])NC(=O)c1cnc(Nc2cc(C)nc(C)n2)cc1Nc1cccc2c1N(C)Cc1cn(C)nc1-2. The highest BCUT2D eigenvalue weighted by Crippen LogP contribution is 2.43. The molecular weight excluding hydrogens is 442 g/mol. The van der Waals surface area contributed by atoms with Crippen LogP contribution in [0.15, 0.2) is 42.7 Å². The average Bonchev–Trinajstić information content (AvgIpc) is 3.17. The smallest absolute Gasteiger partial charge is 0.254 e. The molecule has 1 amide bonds. The molecule has 0 saturated carbocycles. The number of rotatable bonds is 5. The van der Waals surface area contributed by atoms with Gasteiger partial charge in [-0.25, -0.2) is 15.0 Å². The molecule has 10 heteroatoms. The third kappa shape index (κ3) is 4.25. The second-order valence-electron chi connectivity index (χ2n) is 8.50. The number of aryl methyl sites for hydroxylation is 3. The Bertz CT molecular complexity index is 1530. The summed E-state index contributed by atoms with van der Waals surface area (Å²) >= 11 is 0. The highest BCUT2D eigenvalue weighted by molar-refractivity contribution is 6.01. The van der Waals surface area contributed by atoms with Crippen molar-refractivity contribution in [3.05, 3.63) is 65.4 Å². The Morgan fingerprint density at radius 2 is 1.94 bits per heavy atom. The third-order valence-corrected chi connectivity index (χ3v) is 5.74. The van der Waals surface area contributed by atoms with Gasteiger partial charge in [0, 0.05) is 73.1 Å². The summed E-state index contributed by atoms with van der Waals surface area (Å²) in [5.41, 5.74) is 5.85. The van der Waals surface area contributed by atoms with E-state index in [0.717, 1.165) is 33.9 Å². The maximum Gasteiger partial charge on any atom is 0.254 e. The van der Waals surface area contributed by atoms with E-state index >= 15 is 0 Å². The molecular formula is C25H27N9O. The molecule has 0 bridgehead atoms. The lowest BCUT2D eigenvalue weighted by Crippen LogP contribution is -2.23. The Balaban J connectivity index is 1.57. The van der Waals surface area contributed by atoms with Crippen molar-refractivity contribution in [3.63, 3.8) is 0 Å². The van der Waals surface area contributed by atoms with Gasteiger partial charge in [0.05, 0.1) is 28.3 Å². The van der Waals surface area contributed by atoms with Crippen LogP contribution in [0.2, 0.25) is 0 Å². The Kier molecular flexibility index (Phi) is 4.70. The van der Waals surface area contributed by atoms with Gasteiger partial charge in [0.15, 0.2) is 0 Å². The lowest BCUT2D eigenvalue weighted by Gasteiger charge is -2.29. The number of hydrogen-bond acceptors (Lipinski definition) is 8. The number of benzene rings is 1. The summed E-state index contributed by atoms with van der Waals surface area (Å²) < 4.78 is 24.2. The number of nitrogens with zero attached hydrogens (tertiary/aromatic N) is 6. The summed E-state index contributed by atoms with van der Waals surface area (Å²) in [5.74, 6) is 0.797. The zero-order valence-corrected chi connectivity index (χ0v) is 19.8. The fourth-order valence-corrected chi connectivity index (χ4v) is 4.39. The molecule has 1 aliphatic rings. The van der Waals surface area contributed by atoms with E-state index < -0.39 is 12.9 Å². The Hall–Kier alpha value is -4.47. The van der Waals surface area contributed by atoms with E-state index in [4.69, 9.17) is 4.11 Å². The average molecular weight is 473 g/mol. The van der Waals surface area contributed by atoms with Crippen molar-refractivity contribution in [2.75, 3.05) is 29.6 Å². The zero-order valence-electron chi connectivity index (χ0n) is 22.8. The molecule has 1 aromatic carbocycles. The quantitative estimate of drug-likeness (QED) is 0.403. The van der Waals surface area contributed by atoms with E-state index in [1.165, 1.54) is 6.20 Å². The standard InChI is InChI=1S/C25H27N9O/c1-14-9-22(29-15(2)28-14)31-21-10-20(18(11-27-21)25(35)26-3)30-19-8-6-7-17-23-16(13-34(5)32-23)12-33(4)24(17)19/h6-11,13H,12H2,1-5H3,(H,26,35)(H2,27,28,29,30,31)/i3D3. The molecule has 1 aliphatic heterocycles. The van der Waals surface area contributed by atoms with Gasteiger partial charge in [-0.15, -0.1) is 0 Å². The molecule has 10 nitrogen and oxygen atoms in total. The van der Waals surface area contributed by atoms with Crippen LogP contribution in [0.4, 0.5) is 28.7 Å². The van der Waals surface area contributed by atoms with Crippen LogP contribution in [0, 0.1) is 13.8 Å². The fourth-order valence-electron chi connectivity index (χ4n) is 4.39. The van der Waals surface area contributed by atoms with Crippen molar-refractivity contribution in [1.82, 2.24) is 30.0 Å². The molecule has 0 radical (unpaired) electrons. The van der Waals surface area contributed by atoms with Crippen molar-refractivity contribution < 1.29 is 8.91 Å². The Morgan fingerprint density at radius 1 is 1.09 bits per heavy atom. The fraction of sp³-hybridized carbons (Fsp3) is 0.240. The van der Waals surface area contributed by atoms with Crippen molar-refractivity contribution in [3.8, 4) is 11.3 Å². The maximum atomic E-state index is 12.9. The number of pyridine rings is 1. The number of carbonyl (C=O) groups is 1. The Morgan fingerprint density at radius 3 is 2.74 bits per heavy atom. The third-order valence-electron chi connectivity index (χ3n) is 5.74. The highest BCUT2D eigenvalue weighted by atomic mass is 16.1. The van der Waals surface area contributed by atoms with E-state index in [-0.39, 0.29) is 5.56 Å². The van der Waals surface area contributed by atoms with Crippen LogP contribution in [0.5, 0.6) is 0 Å². The number of fused-ring (bicyclic) bond motifs is 3. The van der Waals surface area contributed by atoms with E-state index in [9.17, 15) is 4.79 Å². The van der Waals surface area contributed by atoms with E-state index in [2.05, 4.69) is 35.6 Å². The molecule has 0 saturated heterocycles. The molecule has 178 valence electrons. The second kappa shape index (κ2) is 8.71. The molecule has 4 aromatic rings. The van der Waals surface area contributed by atoms with Gasteiger partial charge in [-0.3, -0.25) is 9.48 Å². The van der Waals surface area contributed by atoms with Gasteiger partial charge in [0.25, 0.3) is 5.91 Å². The van der Waals surface area contributed by atoms with Crippen molar-refractivity contribution in [1.29, 1.82) is 0 Å². The van der Waals surface area contributed by atoms with E-state index in [0.29, 0.717) is 29.7 Å². The summed E-state index contributed by atoms with van der Waals surface area (Å²) in [6.45, 7) is 1.67. The maximum absolute atomic E-state index is 12.9. The predicted molar refractivity (Wildman–Crippen MR) is 136 cm³/mol. The molecule has 0 unspecified atom stereocenters.